The standard InChI is InChI=1S/C16H25BrClN3/c1-12(2)11-20-5-7-21(8-6-20)16(10-19)14-4-3-13(17)9-15(14)18/h3-4,9,12,16H,5-8,10-11,19H2,1-2H3. The van der Waals surface area contributed by atoms with Gasteiger partial charge in [-0.1, -0.05) is 47.4 Å². The van der Waals surface area contributed by atoms with E-state index < -0.39 is 0 Å². The van der Waals surface area contributed by atoms with E-state index in [0.717, 1.165) is 47.2 Å². The van der Waals surface area contributed by atoms with Crippen molar-refractivity contribution in [3.05, 3.63) is 33.3 Å². The van der Waals surface area contributed by atoms with Crippen LogP contribution in [0.25, 0.3) is 0 Å². The third-order valence-electron chi connectivity index (χ3n) is 4.02. The Morgan fingerprint density at radius 3 is 2.43 bits per heavy atom. The fraction of sp³-hybridized carbons (Fsp3) is 0.625. The van der Waals surface area contributed by atoms with Gasteiger partial charge < -0.3 is 10.6 Å². The molecule has 1 fully saturated rings. The molecular weight excluding hydrogens is 350 g/mol. The van der Waals surface area contributed by atoms with E-state index in [0.29, 0.717) is 6.54 Å². The number of hydrogen-bond donors (Lipinski definition) is 1. The fourth-order valence-electron chi connectivity index (χ4n) is 3.02. The molecule has 1 heterocycles. The molecule has 118 valence electrons. The van der Waals surface area contributed by atoms with E-state index in [1.807, 2.05) is 12.1 Å². The second kappa shape index (κ2) is 7.93. The van der Waals surface area contributed by atoms with Crippen LogP contribution in [0.5, 0.6) is 0 Å². The molecule has 0 saturated carbocycles. The summed E-state index contributed by atoms with van der Waals surface area (Å²) in [5.74, 6) is 0.725. The van der Waals surface area contributed by atoms with Crippen LogP contribution in [0.15, 0.2) is 22.7 Å². The molecule has 2 N–H and O–H groups in total. The predicted molar refractivity (Wildman–Crippen MR) is 93.8 cm³/mol. The van der Waals surface area contributed by atoms with Gasteiger partial charge in [0.05, 0.1) is 0 Å². The highest BCUT2D eigenvalue weighted by atomic mass is 79.9. The Bertz CT molecular complexity index is 459. The van der Waals surface area contributed by atoms with Crippen LogP contribution in [0.4, 0.5) is 0 Å². The molecule has 0 aromatic heterocycles. The Morgan fingerprint density at radius 2 is 1.90 bits per heavy atom. The van der Waals surface area contributed by atoms with Crippen molar-refractivity contribution >= 4 is 27.5 Å². The van der Waals surface area contributed by atoms with E-state index in [4.69, 9.17) is 17.3 Å². The van der Waals surface area contributed by atoms with E-state index >= 15 is 0 Å². The predicted octanol–water partition coefficient (Wildman–Crippen LogP) is 3.38. The molecule has 0 radical (unpaired) electrons. The number of piperazine rings is 1. The Kier molecular flexibility index (Phi) is 6.51. The normalized spacial score (nSPS) is 19.1. The number of halogens is 2. The van der Waals surface area contributed by atoms with Gasteiger partial charge in [-0.3, -0.25) is 4.90 Å². The molecule has 3 nitrogen and oxygen atoms in total. The Morgan fingerprint density at radius 1 is 1.24 bits per heavy atom. The molecule has 1 aromatic rings. The summed E-state index contributed by atoms with van der Waals surface area (Å²) in [4.78, 5) is 5.00. The summed E-state index contributed by atoms with van der Waals surface area (Å²) in [6, 6.07) is 6.30. The first-order chi connectivity index (χ1) is 10.0. The van der Waals surface area contributed by atoms with Crippen LogP contribution >= 0.6 is 27.5 Å². The first-order valence-electron chi connectivity index (χ1n) is 7.62. The first-order valence-corrected chi connectivity index (χ1v) is 8.79. The average molecular weight is 375 g/mol. The lowest BCUT2D eigenvalue weighted by molar-refractivity contribution is 0.0913. The summed E-state index contributed by atoms with van der Waals surface area (Å²) in [5, 5.41) is 0.796. The smallest absolute Gasteiger partial charge is 0.0486 e. The van der Waals surface area contributed by atoms with Gasteiger partial charge in [0.15, 0.2) is 0 Å². The lowest BCUT2D eigenvalue weighted by Crippen LogP contribution is -2.49. The van der Waals surface area contributed by atoms with Crippen molar-refractivity contribution < 1.29 is 0 Å². The Balaban J connectivity index is 2.02. The number of nitrogens with zero attached hydrogens (tertiary/aromatic N) is 2. The molecule has 2 rings (SSSR count). The minimum atomic E-state index is 0.215. The van der Waals surface area contributed by atoms with Crippen LogP contribution in [-0.2, 0) is 0 Å². The Hall–Kier alpha value is -0.130. The minimum Gasteiger partial charge on any atom is -0.329 e. The second-order valence-electron chi connectivity index (χ2n) is 6.15. The van der Waals surface area contributed by atoms with Gasteiger partial charge in [-0.05, 0) is 23.6 Å². The molecule has 0 aliphatic carbocycles. The van der Waals surface area contributed by atoms with Gasteiger partial charge in [-0.15, -0.1) is 0 Å². The van der Waals surface area contributed by atoms with E-state index in [2.05, 4.69) is 45.6 Å². The summed E-state index contributed by atoms with van der Waals surface area (Å²) in [5.41, 5.74) is 7.17. The van der Waals surface area contributed by atoms with Gasteiger partial charge in [0.1, 0.15) is 0 Å². The average Bonchev–Trinajstić information content (AvgIpc) is 2.43. The molecule has 1 aromatic carbocycles. The molecule has 0 amide bonds. The highest BCUT2D eigenvalue weighted by molar-refractivity contribution is 9.10. The molecule has 0 bridgehead atoms. The van der Waals surface area contributed by atoms with Gasteiger partial charge in [0.2, 0.25) is 0 Å². The van der Waals surface area contributed by atoms with Crippen molar-refractivity contribution in [2.45, 2.75) is 19.9 Å². The van der Waals surface area contributed by atoms with Crippen molar-refractivity contribution in [1.82, 2.24) is 9.80 Å². The number of nitrogens with two attached hydrogens (primary N) is 1. The SMILES string of the molecule is CC(C)CN1CCN(C(CN)c2ccc(Br)cc2Cl)CC1. The van der Waals surface area contributed by atoms with Gasteiger partial charge in [0, 0.05) is 54.8 Å². The topological polar surface area (TPSA) is 32.5 Å². The largest absolute Gasteiger partial charge is 0.329 e. The van der Waals surface area contributed by atoms with Crippen LogP contribution in [0.3, 0.4) is 0 Å². The van der Waals surface area contributed by atoms with Gasteiger partial charge in [-0.25, -0.2) is 0 Å². The van der Waals surface area contributed by atoms with Crippen molar-refractivity contribution in [1.29, 1.82) is 0 Å². The fourth-order valence-corrected chi connectivity index (χ4v) is 3.82. The second-order valence-corrected chi connectivity index (χ2v) is 7.47. The molecule has 1 aliphatic rings. The third-order valence-corrected chi connectivity index (χ3v) is 4.84. The van der Waals surface area contributed by atoms with E-state index in [1.54, 1.807) is 0 Å². The lowest BCUT2D eigenvalue weighted by atomic mass is 10.0. The minimum absolute atomic E-state index is 0.215. The van der Waals surface area contributed by atoms with Gasteiger partial charge in [0.25, 0.3) is 0 Å². The number of benzene rings is 1. The van der Waals surface area contributed by atoms with Crippen LogP contribution in [0, 0.1) is 5.92 Å². The number of rotatable bonds is 5. The molecule has 5 heteroatoms. The third kappa shape index (κ3) is 4.67. The maximum atomic E-state index is 6.40. The van der Waals surface area contributed by atoms with E-state index in [-0.39, 0.29) is 6.04 Å². The van der Waals surface area contributed by atoms with Crippen LogP contribution in [-0.4, -0.2) is 49.1 Å². The van der Waals surface area contributed by atoms with Crippen molar-refractivity contribution in [2.24, 2.45) is 11.7 Å². The maximum absolute atomic E-state index is 6.40. The van der Waals surface area contributed by atoms with Crippen LogP contribution in [0.1, 0.15) is 25.5 Å². The van der Waals surface area contributed by atoms with E-state index in [1.165, 1.54) is 6.54 Å². The molecule has 1 atom stereocenters. The first kappa shape index (κ1) is 17.2. The van der Waals surface area contributed by atoms with Crippen molar-refractivity contribution in [3.63, 3.8) is 0 Å². The lowest BCUT2D eigenvalue weighted by Gasteiger charge is -2.39. The van der Waals surface area contributed by atoms with Gasteiger partial charge >= 0.3 is 0 Å². The Labute approximate surface area is 141 Å². The van der Waals surface area contributed by atoms with Crippen molar-refractivity contribution in [2.75, 3.05) is 39.3 Å². The summed E-state index contributed by atoms with van der Waals surface area (Å²) >= 11 is 9.86. The quantitative estimate of drug-likeness (QED) is 0.857. The van der Waals surface area contributed by atoms with Gasteiger partial charge in [-0.2, -0.15) is 0 Å². The zero-order valence-corrected chi connectivity index (χ0v) is 15.2. The highest BCUT2D eigenvalue weighted by Crippen LogP contribution is 2.30. The monoisotopic (exact) mass is 373 g/mol. The molecule has 1 saturated heterocycles. The number of hydrogen-bond acceptors (Lipinski definition) is 3. The molecule has 0 spiro atoms. The molecular formula is C16H25BrClN3. The van der Waals surface area contributed by atoms with E-state index in [9.17, 15) is 0 Å². The molecule has 21 heavy (non-hydrogen) atoms. The summed E-state index contributed by atoms with van der Waals surface area (Å²) in [6.07, 6.45) is 0. The van der Waals surface area contributed by atoms with Crippen LogP contribution < -0.4 is 5.73 Å². The summed E-state index contributed by atoms with van der Waals surface area (Å²) in [6.45, 7) is 10.7. The molecule has 1 aliphatic heterocycles. The van der Waals surface area contributed by atoms with Crippen molar-refractivity contribution in [3.8, 4) is 0 Å². The summed E-state index contributed by atoms with van der Waals surface area (Å²) in [7, 11) is 0. The van der Waals surface area contributed by atoms with Crippen LogP contribution in [0.2, 0.25) is 5.02 Å². The molecule has 1 unspecified atom stereocenters. The summed E-state index contributed by atoms with van der Waals surface area (Å²) < 4.78 is 1.01. The maximum Gasteiger partial charge on any atom is 0.0486 e. The highest BCUT2D eigenvalue weighted by Gasteiger charge is 2.25. The zero-order chi connectivity index (χ0) is 15.4. The zero-order valence-electron chi connectivity index (χ0n) is 12.9.